The molecular weight excluding hydrogens is 445 g/mol. The van der Waals surface area contributed by atoms with Crippen LogP contribution in [0.25, 0.3) is 5.76 Å². The van der Waals surface area contributed by atoms with E-state index in [1.807, 2.05) is 44.2 Å². The minimum Gasteiger partial charge on any atom is -0.507 e. The summed E-state index contributed by atoms with van der Waals surface area (Å²) in [5, 5.41) is 11.3. The van der Waals surface area contributed by atoms with Gasteiger partial charge in [0, 0.05) is 12.1 Å². The van der Waals surface area contributed by atoms with Gasteiger partial charge in [-0.05, 0) is 47.7 Å². The largest absolute Gasteiger partial charge is 0.507 e. The van der Waals surface area contributed by atoms with Crippen molar-refractivity contribution >= 4 is 17.4 Å². The van der Waals surface area contributed by atoms with Crippen LogP contribution in [0.1, 0.15) is 36.6 Å². The zero-order valence-corrected chi connectivity index (χ0v) is 19.8. The van der Waals surface area contributed by atoms with Crippen molar-refractivity contribution in [2.45, 2.75) is 26.3 Å². The Morgan fingerprint density at radius 1 is 1.00 bits per heavy atom. The number of aliphatic hydroxyl groups is 1. The van der Waals surface area contributed by atoms with Gasteiger partial charge in [0.05, 0.1) is 18.2 Å². The van der Waals surface area contributed by atoms with Crippen molar-refractivity contribution in [1.29, 1.82) is 0 Å². The number of carbonyl (C=O) groups excluding carboxylic acids is 2. The fraction of sp³-hybridized carbons (Fsp3) is 0.241. The van der Waals surface area contributed by atoms with Crippen molar-refractivity contribution < 1.29 is 23.8 Å². The molecule has 1 fully saturated rings. The van der Waals surface area contributed by atoms with Gasteiger partial charge >= 0.3 is 0 Å². The lowest BCUT2D eigenvalue weighted by Crippen LogP contribution is -2.31. The number of benzene rings is 3. The standard InChI is InChI=1S/C29H28FNO4/c1-19(2)18-35-24-10-6-9-22(17-24)27(32)25-26(21-7-4-3-5-8-21)31(29(34)28(25)33)16-15-20-11-13-23(30)14-12-20/h3-14,17,19,26,32H,15-16,18H2,1-2H3/b27-25-. The van der Waals surface area contributed by atoms with E-state index in [1.165, 1.54) is 17.0 Å². The highest BCUT2D eigenvalue weighted by Gasteiger charge is 2.45. The van der Waals surface area contributed by atoms with Crippen LogP contribution in [0.4, 0.5) is 4.39 Å². The molecule has 1 heterocycles. The molecule has 1 saturated heterocycles. The molecule has 0 saturated carbocycles. The lowest BCUT2D eigenvalue weighted by Gasteiger charge is -2.25. The van der Waals surface area contributed by atoms with Crippen LogP contribution >= 0.6 is 0 Å². The molecule has 1 N–H and O–H groups in total. The zero-order valence-electron chi connectivity index (χ0n) is 19.8. The van der Waals surface area contributed by atoms with E-state index in [2.05, 4.69) is 0 Å². The number of likely N-dealkylation sites (tertiary alicyclic amines) is 1. The highest BCUT2D eigenvalue weighted by Crippen LogP contribution is 2.39. The van der Waals surface area contributed by atoms with Crippen LogP contribution in [0, 0.1) is 11.7 Å². The van der Waals surface area contributed by atoms with Gasteiger partial charge in [-0.15, -0.1) is 0 Å². The normalized spacial score (nSPS) is 17.3. The van der Waals surface area contributed by atoms with Gasteiger partial charge in [-0.25, -0.2) is 4.39 Å². The predicted molar refractivity (Wildman–Crippen MR) is 132 cm³/mol. The van der Waals surface area contributed by atoms with Gasteiger partial charge in [0.1, 0.15) is 17.3 Å². The molecule has 3 aromatic rings. The van der Waals surface area contributed by atoms with Gasteiger partial charge in [-0.2, -0.15) is 0 Å². The Labute approximate surface area is 204 Å². The first-order valence-electron chi connectivity index (χ1n) is 11.7. The van der Waals surface area contributed by atoms with Crippen molar-refractivity contribution in [2.24, 2.45) is 5.92 Å². The smallest absolute Gasteiger partial charge is 0.295 e. The fourth-order valence-corrected chi connectivity index (χ4v) is 4.14. The number of aliphatic hydroxyl groups excluding tert-OH is 1. The van der Waals surface area contributed by atoms with Crippen LogP contribution in [0.2, 0.25) is 0 Å². The molecule has 1 aliphatic rings. The molecule has 1 aliphatic heterocycles. The molecule has 1 unspecified atom stereocenters. The number of rotatable bonds is 8. The van der Waals surface area contributed by atoms with Crippen LogP contribution in [0.15, 0.2) is 84.4 Å². The van der Waals surface area contributed by atoms with Crippen LogP contribution in [0.5, 0.6) is 5.75 Å². The SMILES string of the molecule is CC(C)COc1cccc(/C(O)=C2/C(=O)C(=O)N(CCc3ccc(F)cc3)C2c2ccccc2)c1. The molecule has 4 rings (SSSR count). The molecule has 5 nitrogen and oxygen atoms in total. The second-order valence-corrected chi connectivity index (χ2v) is 9.01. The van der Waals surface area contributed by atoms with E-state index in [-0.39, 0.29) is 23.7 Å². The van der Waals surface area contributed by atoms with E-state index in [1.54, 1.807) is 36.4 Å². The molecule has 0 aliphatic carbocycles. The lowest BCUT2D eigenvalue weighted by molar-refractivity contribution is -0.139. The van der Waals surface area contributed by atoms with Gasteiger partial charge in [0.15, 0.2) is 0 Å². The van der Waals surface area contributed by atoms with Crippen molar-refractivity contribution in [3.8, 4) is 5.75 Å². The third-order valence-electron chi connectivity index (χ3n) is 5.90. The average molecular weight is 474 g/mol. The Kier molecular flexibility index (Phi) is 7.30. The van der Waals surface area contributed by atoms with Gasteiger partial charge in [0.2, 0.25) is 0 Å². The summed E-state index contributed by atoms with van der Waals surface area (Å²) >= 11 is 0. The second-order valence-electron chi connectivity index (χ2n) is 9.01. The van der Waals surface area contributed by atoms with Crippen LogP contribution in [-0.4, -0.2) is 34.8 Å². The molecule has 180 valence electrons. The molecule has 35 heavy (non-hydrogen) atoms. The first kappa shape index (κ1) is 24.2. The van der Waals surface area contributed by atoms with Crippen LogP contribution < -0.4 is 4.74 Å². The molecule has 0 radical (unpaired) electrons. The third-order valence-corrected chi connectivity index (χ3v) is 5.90. The summed E-state index contributed by atoms with van der Waals surface area (Å²) in [6, 6.07) is 21.4. The number of ether oxygens (including phenoxy) is 1. The molecule has 0 spiro atoms. The van der Waals surface area contributed by atoms with Crippen molar-refractivity contribution in [3.63, 3.8) is 0 Å². The van der Waals surface area contributed by atoms with Gasteiger partial charge < -0.3 is 14.7 Å². The minimum absolute atomic E-state index is 0.0429. The number of hydrogen-bond donors (Lipinski definition) is 1. The summed E-state index contributed by atoms with van der Waals surface area (Å²) < 4.78 is 19.1. The van der Waals surface area contributed by atoms with E-state index >= 15 is 0 Å². The number of halogens is 1. The molecule has 3 aromatic carbocycles. The highest BCUT2D eigenvalue weighted by molar-refractivity contribution is 6.46. The van der Waals surface area contributed by atoms with Gasteiger partial charge in [-0.1, -0.05) is 68.4 Å². The zero-order chi connectivity index (χ0) is 24.9. The van der Waals surface area contributed by atoms with Crippen molar-refractivity contribution in [1.82, 2.24) is 4.90 Å². The van der Waals surface area contributed by atoms with E-state index in [0.717, 1.165) is 11.1 Å². The number of hydrogen-bond acceptors (Lipinski definition) is 4. The highest BCUT2D eigenvalue weighted by atomic mass is 19.1. The summed E-state index contributed by atoms with van der Waals surface area (Å²) in [4.78, 5) is 27.8. The van der Waals surface area contributed by atoms with Gasteiger partial charge in [0.25, 0.3) is 11.7 Å². The Morgan fingerprint density at radius 3 is 2.40 bits per heavy atom. The number of amides is 1. The van der Waals surface area contributed by atoms with Gasteiger partial charge in [-0.3, -0.25) is 9.59 Å². The Bertz CT molecular complexity index is 1240. The minimum atomic E-state index is -0.739. The Hall–Kier alpha value is -3.93. The van der Waals surface area contributed by atoms with Crippen molar-refractivity contribution in [3.05, 3.63) is 107 Å². The lowest BCUT2D eigenvalue weighted by atomic mass is 9.95. The Balaban J connectivity index is 1.71. The maximum absolute atomic E-state index is 13.3. The average Bonchev–Trinajstić information content (AvgIpc) is 3.12. The first-order valence-corrected chi connectivity index (χ1v) is 11.7. The van der Waals surface area contributed by atoms with Crippen LogP contribution in [0.3, 0.4) is 0 Å². The molecule has 1 atom stereocenters. The van der Waals surface area contributed by atoms with E-state index < -0.39 is 17.7 Å². The summed E-state index contributed by atoms with van der Waals surface area (Å²) in [6.45, 7) is 4.83. The number of Topliss-reactive ketones (excluding diaryl/α,β-unsaturated/α-hetero) is 1. The second kappa shape index (κ2) is 10.6. The summed E-state index contributed by atoms with van der Waals surface area (Å²) in [5.41, 5.74) is 2.01. The molecule has 1 amide bonds. The van der Waals surface area contributed by atoms with Crippen LogP contribution in [-0.2, 0) is 16.0 Å². The number of ketones is 1. The topological polar surface area (TPSA) is 66.8 Å². The summed E-state index contributed by atoms with van der Waals surface area (Å²) in [7, 11) is 0. The third kappa shape index (κ3) is 5.43. The first-order chi connectivity index (χ1) is 16.8. The maximum atomic E-state index is 13.3. The fourth-order valence-electron chi connectivity index (χ4n) is 4.14. The van der Waals surface area contributed by atoms with Crippen molar-refractivity contribution in [2.75, 3.05) is 13.2 Å². The number of carbonyl (C=O) groups is 2. The molecule has 0 aromatic heterocycles. The maximum Gasteiger partial charge on any atom is 0.295 e. The van der Waals surface area contributed by atoms with E-state index in [4.69, 9.17) is 4.74 Å². The summed E-state index contributed by atoms with van der Waals surface area (Å²) in [6.07, 6.45) is 0.440. The monoisotopic (exact) mass is 473 g/mol. The Morgan fingerprint density at radius 2 is 1.71 bits per heavy atom. The van der Waals surface area contributed by atoms with E-state index in [9.17, 15) is 19.1 Å². The molecule has 6 heteroatoms. The molecular formula is C29H28FNO4. The predicted octanol–water partition coefficient (Wildman–Crippen LogP) is 5.52. The quantitative estimate of drug-likeness (QED) is 0.266. The number of nitrogens with zero attached hydrogens (tertiary/aromatic N) is 1. The molecule has 0 bridgehead atoms. The van der Waals surface area contributed by atoms with E-state index in [0.29, 0.717) is 30.3 Å². The summed E-state index contributed by atoms with van der Waals surface area (Å²) in [5.74, 6) is -1.07.